The molecule has 5 heteroatoms. The molecule has 0 spiro atoms. The first-order valence-electron chi connectivity index (χ1n) is 7.23. The van der Waals surface area contributed by atoms with Gasteiger partial charge in [-0.1, -0.05) is 6.08 Å². The molecule has 0 aliphatic carbocycles. The number of hydrogen-bond donors (Lipinski definition) is 2. The SMILES string of the molecule is CC(C)Oc1ccc(NC(N)=NCC2=CCCOC2)cc1. The lowest BCUT2D eigenvalue weighted by molar-refractivity contribution is 0.150. The highest BCUT2D eigenvalue weighted by Crippen LogP contribution is 2.16. The van der Waals surface area contributed by atoms with Gasteiger partial charge in [-0.15, -0.1) is 0 Å². The number of nitrogens with two attached hydrogens (primary N) is 1. The maximum Gasteiger partial charge on any atom is 0.193 e. The molecule has 0 aromatic heterocycles. The number of rotatable bonds is 5. The van der Waals surface area contributed by atoms with Crippen LogP contribution >= 0.6 is 0 Å². The van der Waals surface area contributed by atoms with E-state index in [0.29, 0.717) is 19.1 Å². The number of anilines is 1. The molecule has 5 nitrogen and oxygen atoms in total. The van der Waals surface area contributed by atoms with Crippen molar-refractivity contribution in [3.05, 3.63) is 35.9 Å². The van der Waals surface area contributed by atoms with Gasteiger partial charge in [0.2, 0.25) is 0 Å². The topological polar surface area (TPSA) is 68.9 Å². The zero-order valence-electron chi connectivity index (χ0n) is 12.6. The van der Waals surface area contributed by atoms with Crippen LogP contribution in [0.4, 0.5) is 5.69 Å². The Balaban J connectivity index is 1.86. The highest BCUT2D eigenvalue weighted by atomic mass is 16.5. The van der Waals surface area contributed by atoms with Gasteiger partial charge in [-0.3, -0.25) is 0 Å². The molecular weight excluding hydrogens is 266 g/mol. The fraction of sp³-hybridized carbons (Fsp3) is 0.438. The zero-order valence-corrected chi connectivity index (χ0v) is 12.6. The van der Waals surface area contributed by atoms with Crippen molar-refractivity contribution in [2.24, 2.45) is 10.7 Å². The minimum absolute atomic E-state index is 0.168. The van der Waals surface area contributed by atoms with Crippen LogP contribution in [0.15, 0.2) is 40.9 Å². The monoisotopic (exact) mass is 289 g/mol. The summed E-state index contributed by atoms with van der Waals surface area (Å²) in [7, 11) is 0. The van der Waals surface area contributed by atoms with Crippen LogP contribution in [0.5, 0.6) is 5.75 Å². The third-order valence-electron chi connectivity index (χ3n) is 2.93. The minimum atomic E-state index is 0.168. The van der Waals surface area contributed by atoms with Gasteiger partial charge in [0.1, 0.15) is 5.75 Å². The van der Waals surface area contributed by atoms with Crippen molar-refractivity contribution >= 4 is 11.6 Å². The Morgan fingerprint density at radius 2 is 2.14 bits per heavy atom. The Labute approximate surface area is 125 Å². The van der Waals surface area contributed by atoms with E-state index in [1.54, 1.807) is 0 Å². The molecule has 1 heterocycles. The highest BCUT2D eigenvalue weighted by molar-refractivity contribution is 5.92. The molecular formula is C16H23N3O2. The third kappa shape index (κ3) is 5.47. The van der Waals surface area contributed by atoms with Gasteiger partial charge in [0, 0.05) is 5.69 Å². The van der Waals surface area contributed by atoms with Gasteiger partial charge in [-0.05, 0) is 50.1 Å². The van der Waals surface area contributed by atoms with E-state index in [1.807, 2.05) is 38.1 Å². The Hall–Kier alpha value is -2.01. The quantitative estimate of drug-likeness (QED) is 0.496. The second-order valence-electron chi connectivity index (χ2n) is 5.22. The Kier molecular flexibility index (Phi) is 5.63. The number of aliphatic imine (C=N–C) groups is 1. The molecule has 1 aliphatic rings. The van der Waals surface area contributed by atoms with Gasteiger partial charge >= 0.3 is 0 Å². The third-order valence-corrected chi connectivity index (χ3v) is 2.93. The largest absolute Gasteiger partial charge is 0.491 e. The van der Waals surface area contributed by atoms with Gasteiger partial charge in [0.15, 0.2) is 5.96 Å². The summed E-state index contributed by atoms with van der Waals surface area (Å²) >= 11 is 0. The van der Waals surface area contributed by atoms with E-state index in [1.165, 1.54) is 5.57 Å². The van der Waals surface area contributed by atoms with Crippen molar-refractivity contribution < 1.29 is 9.47 Å². The van der Waals surface area contributed by atoms with Gasteiger partial charge in [0.25, 0.3) is 0 Å². The average molecular weight is 289 g/mol. The van der Waals surface area contributed by atoms with Crippen LogP contribution in [-0.4, -0.2) is 31.8 Å². The first-order valence-corrected chi connectivity index (χ1v) is 7.23. The predicted molar refractivity (Wildman–Crippen MR) is 85.8 cm³/mol. The second-order valence-corrected chi connectivity index (χ2v) is 5.22. The van der Waals surface area contributed by atoms with Crippen LogP contribution in [0.25, 0.3) is 0 Å². The second kappa shape index (κ2) is 7.69. The van der Waals surface area contributed by atoms with Gasteiger partial charge in [0.05, 0.1) is 25.9 Å². The molecule has 1 aromatic carbocycles. The molecule has 2 rings (SSSR count). The minimum Gasteiger partial charge on any atom is -0.491 e. The smallest absolute Gasteiger partial charge is 0.193 e. The maximum atomic E-state index is 5.88. The molecule has 0 bridgehead atoms. The summed E-state index contributed by atoms with van der Waals surface area (Å²) < 4.78 is 11.0. The molecule has 1 aliphatic heterocycles. The lowest BCUT2D eigenvalue weighted by Gasteiger charge is -2.13. The zero-order chi connectivity index (χ0) is 15.1. The van der Waals surface area contributed by atoms with E-state index in [0.717, 1.165) is 24.5 Å². The summed E-state index contributed by atoms with van der Waals surface area (Å²) in [6.07, 6.45) is 3.29. The average Bonchev–Trinajstić information content (AvgIpc) is 2.48. The fourth-order valence-electron chi connectivity index (χ4n) is 1.98. The normalized spacial score (nSPS) is 15.8. The van der Waals surface area contributed by atoms with Crippen molar-refractivity contribution in [3.8, 4) is 5.75 Å². The molecule has 3 N–H and O–H groups in total. The molecule has 0 fully saturated rings. The van der Waals surface area contributed by atoms with E-state index < -0.39 is 0 Å². The molecule has 21 heavy (non-hydrogen) atoms. The van der Waals surface area contributed by atoms with Crippen molar-refractivity contribution in [2.75, 3.05) is 25.1 Å². The van der Waals surface area contributed by atoms with E-state index in [2.05, 4.69) is 16.4 Å². The standard InChI is InChI=1S/C16H23N3O2/c1-12(2)21-15-7-5-14(6-8-15)19-16(17)18-10-13-4-3-9-20-11-13/h4-8,12H,3,9-11H2,1-2H3,(H3,17,18,19). The van der Waals surface area contributed by atoms with Gasteiger partial charge in [-0.25, -0.2) is 4.99 Å². The number of benzene rings is 1. The molecule has 0 unspecified atom stereocenters. The number of hydrogen-bond acceptors (Lipinski definition) is 3. The molecule has 114 valence electrons. The molecule has 0 amide bonds. The van der Waals surface area contributed by atoms with Crippen molar-refractivity contribution in [3.63, 3.8) is 0 Å². The fourth-order valence-corrected chi connectivity index (χ4v) is 1.98. The lowest BCUT2D eigenvalue weighted by atomic mass is 10.2. The predicted octanol–water partition coefficient (Wildman–Crippen LogP) is 2.55. The van der Waals surface area contributed by atoms with Gasteiger partial charge < -0.3 is 20.5 Å². The summed E-state index contributed by atoms with van der Waals surface area (Å²) in [5.74, 6) is 1.24. The Morgan fingerprint density at radius 3 is 2.76 bits per heavy atom. The van der Waals surface area contributed by atoms with Crippen LogP contribution in [0.3, 0.4) is 0 Å². The lowest BCUT2D eigenvalue weighted by Crippen LogP contribution is -2.23. The number of nitrogens with zero attached hydrogens (tertiary/aromatic N) is 1. The summed E-state index contributed by atoms with van der Waals surface area (Å²) in [4.78, 5) is 4.32. The van der Waals surface area contributed by atoms with E-state index >= 15 is 0 Å². The Morgan fingerprint density at radius 1 is 1.38 bits per heavy atom. The number of ether oxygens (including phenoxy) is 2. The molecule has 0 saturated carbocycles. The number of guanidine groups is 1. The summed E-state index contributed by atoms with van der Waals surface area (Å²) in [6, 6.07) is 7.66. The van der Waals surface area contributed by atoms with Crippen molar-refractivity contribution in [1.82, 2.24) is 0 Å². The summed E-state index contributed by atoms with van der Waals surface area (Å²) in [5.41, 5.74) is 7.94. The first-order chi connectivity index (χ1) is 10.1. The van der Waals surface area contributed by atoms with Crippen LogP contribution < -0.4 is 15.8 Å². The van der Waals surface area contributed by atoms with Crippen LogP contribution in [0.2, 0.25) is 0 Å². The van der Waals surface area contributed by atoms with E-state index in [-0.39, 0.29) is 6.10 Å². The molecule has 0 atom stereocenters. The summed E-state index contributed by atoms with van der Waals surface area (Å²) in [5, 5.41) is 3.07. The molecule has 0 saturated heterocycles. The molecule has 0 radical (unpaired) electrons. The molecule has 1 aromatic rings. The van der Waals surface area contributed by atoms with Crippen molar-refractivity contribution in [1.29, 1.82) is 0 Å². The van der Waals surface area contributed by atoms with E-state index in [4.69, 9.17) is 15.2 Å². The first kappa shape index (κ1) is 15.4. The highest BCUT2D eigenvalue weighted by Gasteiger charge is 2.03. The van der Waals surface area contributed by atoms with E-state index in [9.17, 15) is 0 Å². The van der Waals surface area contributed by atoms with Crippen molar-refractivity contribution in [2.45, 2.75) is 26.4 Å². The van der Waals surface area contributed by atoms with Crippen LogP contribution in [-0.2, 0) is 4.74 Å². The summed E-state index contributed by atoms with van der Waals surface area (Å²) in [6.45, 7) is 6.03. The van der Waals surface area contributed by atoms with Gasteiger partial charge in [-0.2, -0.15) is 0 Å². The van der Waals surface area contributed by atoms with Crippen LogP contribution in [0.1, 0.15) is 20.3 Å². The maximum absolute atomic E-state index is 5.88. The Bertz CT molecular complexity index is 507. The van der Waals surface area contributed by atoms with Crippen LogP contribution in [0, 0.1) is 0 Å². The number of nitrogens with one attached hydrogen (secondary N) is 1.